The van der Waals surface area contributed by atoms with Gasteiger partial charge in [0.15, 0.2) is 0 Å². The molecule has 0 aliphatic heterocycles. The van der Waals surface area contributed by atoms with Crippen molar-refractivity contribution in [3.8, 4) is 0 Å². The van der Waals surface area contributed by atoms with Gasteiger partial charge in [-0.15, -0.1) is 0 Å². The average Bonchev–Trinajstić information content (AvgIpc) is 2.84. The third kappa shape index (κ3) is 29.2. The fourth-order valence-corrected chi connectivity index (χ4v) is 5.49. The van der Waals surface area contributed by atoms with Crippen LogP contribution in [-0.2, 0) is 9.59 Å². The van der Waals surface area contributed by atoms with Gasteiger partial charge in [-0.3, -0.25) is 9.59 Å². The molecular weight excluding hydrogens is 444 g/mol. The van der Waals surface area contributed by atoms with Crippen molar-refractivity contribution in [2.24, 2.45) is 17.4 Å². The molecule has 0 unspecified atom stereocenters. The number of carbonyl (C=O) groups excluding carboxylic acids is 2. The van der Waals surface area contributed by atoms with E-state index in [1.54, 1.807) is 0 Å². The van der Waals surface area contributed by atoms with Crippen molar-refractivity contribution in [2.45, 2.75) is 187 Å². The maximum atomic E-state index is 10.7. The zero-order valence-electron chi connectivity index (χ0n) is 24.3. The van der Waals surface area contributed by atoms with E-state index in [0.717, 1.165) is 31.6 Å². The molecule has 0 atom stereocenters. The summed E-state index contributed by atoms with van der Waals surface area (Å²) in [6, 6.07) is 0. The monoisotopic (exact) mass is 508 g/mol. The van der Waals surface area contributed by atoms with Crippen molar-refractivity contribution in [3.05, 3.63) is 0 Å². The van der Waals surface area contributed by atoms with E-state index in [-0.39, 0.29) is 11.8 Å². The Morgan fingerprint density at radius 1 is 0.417 bits per heavy atom. The second-order valence-corrected chi connectivity index (χ2v) is 11.4. The summed E-state index contributed by atoms with van der Waals surface area (Å²) >= 11 is 0. The molecule has 0 aliphatic carbocycles. The Morgan fingerprint density at radius 2 is 0.667 bits per heavy atom. The molecule has 0 heterocycles. The third-order valence-corrected chi connectivity index (χ3v) is 7.77. The van der Waals surface area contributed by atoms with Crippen LogP contribution in [0.4, 0.5) is 0 Å². The average molecular weight is 509 g/mol. The first-order valence-electron chi connectivity index (χ1n) is 16.1. The highest BCUT2D eigenvalue weighted by Crippen LogP contribution is 2.23. The number of unbranched alkanes of at least 4 members (excludes halogenated alkanes) is 20. The van der Waals surface area contributed by atoms with E-state index >= 15 is 0 Å². The molecule has 0 saturated heterocycles. The predicted molar refractivity (Wildman–Crippen MR) is 157 cm³/mol. The molecule has 214 valence electrons. The first-order chi connectivity index (χ1) is 17.6. The molecule has 0 fully saturated rings. The van der Waals surface area contributed by atoms with Crippen molar-refractivity contribution in [1.82, 2.24) is 0 Å². The molecule has 4 nitrogen and oxygen atoms in total. The van der Waals surface area contributed by atoms with Crippen LogP contribution < -0.4 is 11.5 Å². The molecule has 0 bridgehead atoms. The summed E-state index contributed by atoms with van der Waals surface area (Å²) in [6.07, 6.45) is 35.9. The largest absolute Gasteiger partial charge is 0.370 e. The number of nitrogens with two attached hydrogens (primary N) is 2. The van der Waals surface area contributed by atoms with Crippen molar-refractivity contribution in [2.75, 3.05) is 0 Å². The van der Waals surface area contributed by atoms with Gasteiger partial charge in [-0.2, -0.15) is 0 Å². The summed E-state index contributed by atoms with van der Waals surface area (Å²) in [7, 11) is 0. The highest BCUT2D eigenvalue weighted by molar-refractivity contribution is 5.73. The van der Waals surface area contributed by atoms with E-state index in [2.05, 4.69) is 6.92 Å². The van der Waals surface area contributed by atoms with Crippen molar-refractivity contribution in [1.29, 1.82) is 0 Å². The van der Waals surface area contributed by atoms with Gasteiger partial charge in [0.05, 0.1) is 0 Å². The number of amides is 2. The smallest absolute Gasteiger partial charge is 0.217 e. The van der Waals surface area contributed by atoms with Crippen LogP contribution in [0.3, 0.4) is 0 Å². The minimum Gasteiger partial charge on any atom is -0.370 e. The topological polar surface area (TPSA) is 86.2 Å². The van der Waals surface area contributed by atoms with Crippen LogP contribution in [0.25, 0.3) is 0 Å². The maximum Gasteiger partial charge on any atom is 0.217 e. The second kappa shape index (κ2) is 28.5. The fraction of sp³-hybridized carbons (Fsp3) is 0.938. The first-order valence-corrected chi connectivity index (χ1v) is 16.1. The molecule has 0 spiro atoms. The highest BCUT2D eigenvalue weighted by Gasteiger charge is 2.07. The molecule has 0 rings (SSSR count). The van der Waals surface area contributed by atoms with Gasteiger partial charge in [0, 0.05) is 12.8 Å². The lowest BCUT2D eigenvalue weighted by Gasteiger charge is -2.16. The number of primary amides is 2. The minimum atomic E-state index is -0.156. The van der Waals surface area contributed by atoms with E-state index in [1.807, 2.05) is 0 Å². The van der Waals surface area contributed by atoms with E-state index in [4.69, 9.17) is 11.5 Å². The van der Waals surface area contributed by atoms with Gasteiger partial charge < -0.3 is 11.5 Å². The van der Waals surface area contributed by atoms with Crippen LogP contribution in [0.1, 0.15) is 187 Å². The van der Waals surface area contributed by atoms with Crippen molar-refractivity contribution >= 4 is 11.8 Å². The molecule has 2 amide bonds. The highest BCUT2D eigenvalue weighted by atomic mass is 16.1. The zero-order valence-corrected chi connectivity index (χ0v) is 24.3. The summed E-state index contributed by atoms with van der Waals surface area (Å²) in [5.41, 5.74) is 10.3. The van der Waals surface area contributed by atoms with E-state index in [9.17, 15) is 9.59 Å². The molecule has 0 radical (unpaired) electrons. The Balaban J connectivity index is 3.40. The second-order valence-electron chi connectivity index (χ2n) is 11.4. The number of hydrogen-bond donors (Lipinski definition) is 2. The number of rotatable bonds is 30. The number of hydrogen-bond acceptors (Lipinski definition) is 2. The van der Waals surface area contributed by atoms with Crippen LogP contribution in [0, 0.1) is 5.92 Å². The predicted octanol–water partition coefficient (Wildman–Crippen LogP) is 9.52. The normalized spacial score (nSPS) is 11.4. The van der Waals surface area contributed by atoms with Crippen LogP contribution in [0.15, 0.2) is 0 Å². The van der Waals surface area contributed by atoms with Crippen molar-refractivity contribution < 1.29 is 9.59 Å². The summed E-state index contributed by atoms with van der Waals surface area (Å²) in [5.74, 6) is 0.660. The molecule has 36 heavy (non-hydrogen) atoms. The molecule has 4 N–H and O–H groups in total. The molecule has 0 aromatic rings. The summed E-state index contributed by atoms with van der Waals surface area (Å²) in [5, 5.41) is 0. The lowest BCUT2D eigenvalue weighted by atomic mass is 9.90. The SMILES string of the molecule is CCCC(CCCCCCCCCCCCCC(N)=O)CCCCCCCCCCCCCC(N)=O. The molecule has 0 saturated carbocycles. The van der Waals surface area contributed by atoms with Crippen LogP contribution >= 0.6 is 0 Å². The van der Waals surface area contributed by atoms with Gasteiger partial charge in [-0.1, -0.05) is 161 Å². The van der Waals surface area contributed by atoms with Gasteiger partial charge >= 0.3 is 0 Å². The summed E-state index contributed by atoms with van der Waals surface area (Å²) in [6.45, 7) is 2.35. The van der Waals surface area contributed by atoms with Crippen molar-refractivity contribution in [3.63, 3.8) is 0 Å². The lowest BCUT2D eigenvalue weighted by Crippen LogP contribution is -2.09. The molecular formula is C32H64N2O2. The Bertz CT molecular complexity index is 441. The zero-order chi connectivity index (χ0) is 26.5. The standard InChI is InChI=1S/C32H64N2O2/c1-2-25-30(26-21-17-13-9-5-3-7-11-15-19-23-28-31(33)35)27-22-18-14-10-6-4-8-12-16-20-24-29-32(34)36/h30H,2-29H2,1H3,(H2,33,35)(H2,34,36). The Morgan fingerprint density at radius 3 is 0.917 bits per heavy atom. The molecule has 4 heteroatoms. The molecule has 0 aromatic heterocycles. The van der Waals surface area contributed by atoms with E-state index < -0.39 is 0 Å². The van der Waals surface area contributed by atoms with Crippen LogP contribution in [0.2, 0.25) is 0 Å². The summed E-state index contributed by atoms with van der Waals surface area (Å²) in [4.78, 5) is 21.4. The molecule has 0 aliphatic rings. The molecule has 0 aromatic carbocycles. The number of carbonyl (C=O) groups is 2. The Labute approximate surface area is 225 Å². The van der Waals surface area contributed by atoms with Gasteiger partial charge in [-0.05, 0) is 18.8 Å². The quantitative estimate of drug-likeness (QED) is 0.0946. The summed E-state index contributed by atoms with van der Waals surface area (Å²) < 4.78 is 0. The third-order valence-electron chi connectivity index (χ3n) is 7.77. The minimum absolute atomic E-state index is 0.156. The van der Waals surface area contributed by atoms with Gasteiger partial charge in [0.1, 0.15) is 0 Å². The van der Waals surface area contributed by atoms with Gasteiger partial charge in [0.25, 0.3) is 0 Å². The van der Waals surface area contributed by atoms with E-state index in [0.29, 0.717) is 12.8 Å². The Hall–Kier alpha value is -1.06. The maximum absolute atomic E-state index is 10.7. The lowest BCUT2D eigenvalue weighted by molar-refractivity contribution is -0.119. The Kier molecular flexibility index (Phi) is 27.7. The van der Waals surface area contributed by atoms with Gasteiger partial charge in [-0.25, -0.2) is 0 Å². The fourth-order valence-electron chi connectivity index (χ4n) is 5.49. The van der Waals surface area contributed by atoms with Crippen LogP contribution in [-0.4, -0.2) is 11.8 Å². The first kappa shape index (κ1) is 34.9. The van der Waals surface area contributed by atoms with Gasteiger partial charge in [0.2, 0.25) is 11.8 Å². The van der Waals surface area contributed by atoms with Crippen LogP contribution in [0.5, 0.6) is 0 Å². The van der Waals surface area contributed by atoms with E-state index in [1.165, 1.54) is 141 Å².